The van der Waals surface area contributed by atoms with E-state index in [9.17, 15) is 4.79 Å². The number of esters is 1. The summed E-state index contributed by atoms with van der Waals surface area (Å²) in [6.45, 7) is 2.30. The minimum Gasteiger partial charge on any atom is -0.463 e. The number of piperidine rings is 1. The highest BCUT2D eigenvalue weighted by molar-refractivity contribution is 6.33. The van der Waals surface area contributed by atoms with E-state index in [4.69, 9.17) is 21.1 Å². The monoisotopic (exact) mass is 494 g/mol. The lowest BCUT2D eigenvalue weighted by molar-refractivity contribution is -0.150. The van der Waals surface area contributed by atoms with Crippen molar-refractivity contribution < 1.29 is 14.3 Å². The number of ether oxygens (including phenoxy) is 2. The van der Waals surface area contributed by atoms with Crippen LogP contribution in [0.5, 0.6) is 0 Å². The van der Waals surface area contributed by atoms with Crippen molar-refractivity contribution in [1.82, 2.24) is 14.8 Å². The van der Waals surface area contributed by atoms with Gasteiger partial charge in [0, 0.05) is 38.5 Å². The summed E-state index contributed by atoms with van der Waals surface area (Å²) in [7, 11) is 3.62. The van der Waals surface area contributed by atoms with Gasteiger partial charge in [0.05, 0.1) is 23.0 Å². The van der Waals surface area contributed by atoms with Gasteiger partial charge in [-0.25, -0.2) is 0 Å². The van der Waals surface area contributed by atoms with Gasteiger partial charge < -0.3 is 18.9 Å². The molecule has 5 rings (SSSR count). The van der Waals surface area contributed by atoms with Crippen LogP contribution >= 0.6 is 11.6 Å². The van der Waals surface area contributed by atoms with E-state index in [0.29, 0.717) is 18.2 Å². The van der Waals surface area contributed by atoms with E-state index in [-0.39, 0.29) is 17.3 Å². The predicted octanol–water partition coefficient (Wildman–Crippen LogP) is 4.62. The highest BCUT2D eigenvalue weighted by atomic mass is 35.5. The van der Waals surface area contributed by atoms with Gasteiger partial charge in [-0.2, -0.15) is 0 Å². The summed E-state index contributed by atoms with van der Waals surface area (Å²) in [5, 5.41) is 9.78. The average Bonchev–Trinajstić information content (AvgIpc) is 3.61. The Morgan fingerprint density at radius 2 is 1.83 bits per heavy atom. The highest BCUT2D eigenvalue weighted by Gasteiger charge is 2.49. The van der Waals surface area contributed by atoms with Crippen LogP contribution in [0.1, 0.15) is 37.1 Å². The third-order valence-corrected chi connectivity index (χ3v) is 7.61. The first-order valence-corrected chi connectivity index (χ1v) is 12.6. The lowest BCUT2D eigenvalue weighted by atomic mass is 9.95. The molecule has 0 spiro atoms. The maximum Gasteiger partial charge on any atom is 0.309 e. The first-order chi connectivity index (χ1) is 17.0. The summed E-state index contributed by atoms with van der Waals surface area (Å²) in [4.78, 5) is 14.5. The maximum absolute atomic E-state index is 12.2. The lowest BCUT2D eigenvalue weighted by Gasteiger charge is -2.32. The zero-order chi connectivity index (χ0) is 24.4. The average molecular weight is 495 g/mol. The molecule has 0 amide bonds. The molecule has 0 radical (unpaired) electrons. The van der Waals surface area contributed by atoms with E-state index < -0.39 is 0 Å². The molecule has 0 atom stereocenters. The molecule has 0 N–H and O–H groups in total. The fraction of sp³-hybridized carbons (Fsp3) is 0.444. The number of rotatable bonds is 8. The lowest BCUT2D eigenvalue weighted by Crippen LogP contribution is -2.37. The first kappa shape index (κ1) is 23.8. The van der Waals surface area contributed by atoms with Gasteiger partial charge in [-0.3, -0.25) is 4.79 Å². The quantitative estimate of drug-likeness (QED) is 0.336. The standard InChI is InChI=1S/C27H31ClN4O3/c1-31-24(29-30-26(31)27(12-13-27)20-6-4-3-5-7-20)22-9-8-21(18-23(22)28)32-14-10-19(11-15-32)25(33)35-17-16-34-2/h3-9,18-19H,10-17H2,1-2H3. The van der Waals surface area contributed by atoms with Gasteiger partial charge in [0.2, 0.25) is 0 Å². The number of hydrogen-bond donors (Lipinski definition) is 0. The largest absolute Gasteiger partial charge is 0.463 e. The number of anilines is 1. The van der Waals surface area contributed by atoms with Crippen molar-refractivity contribution in [3.8, 4) is 11.4 Å². The van der Waals surface area contributed by atoms with Crippen molar-refractivity contribution in [3.05, 3.63) is 64.9 Å². The van der Waals surface area contributed by atoms with E-state index in [0.717, 1.165) is 61.7 Å². The summed E-state index contributed by atoms with van der Waals surface area (Å²) < 4.78 is 12.3. The molecular formula is C27H31ClN4O3. The number of nitrogens with zero attached hydrogens (tertiary/aromatic N) is 4. The van der Waals surface area contributed by atoms with Gasteiger partial charge in [-0.1, -0.05) is 41.9 Å². The van der Waals surface area contributed by atoms with Gasteiger partial charge in [-0.05, 0) is 49.4 Å². The van der Waals surface area contributed by atoms with E-state index in [2.05, 4.69) is 50.0 Å². The number of methoxy groups -OCH3 is 1. The molecule has 2 aromatic carbocycles. The number of carbonyl (C=O) groups is 1. The summed E-state index contributed by atoms with van der Waals surface area (Å²) in [6, 6.07) is 16.6. The minimum atomic E-state index is -0.128. The molecule has 8 heteroatoms. The molecule has 1 aromatic heterocycles. The van der Waals surface area contributed by atoms with E-state index in [1.807, 2.05) is 25.2 Å². The summed E-state index contributed by atoms with van der Waals surface area (Å²) in [5.41, 5.74) is 3.16. The van der Waals surface area contributed by atoms with Crippen LogP contribution in [0.25, 0.3) is 11.4 Å². The van der Waals surface area contributed by atoms with Crippen molar-refractivity contribution >= 4 is 23.3 Å². The van der Waals surface area contributed by atoms with Crippen LogP contribution in [0.15, 0.2) is 48.5 Å². The molecule has 2 heterocycles. The van der Waals surface area contributed by atoms with Crippen LogP contribution in [0.3, 0.4) is 0 Å². The Balaban J connectivity index is 1.28. The fourth-order valence-corrected chi connectivity index (χ4v) is 5.36. The fourth-order valence-electron chi connectivity index (χ4n) is 5.10. The van der Waals surface area contributed by atoms with E-state index in [1.54, 1.807) is 7.11 Å². The Labute approximate surface area is 211 Å². The minimum absolute atomic E-state index is 0.0528. The van der Waals surface area contributed by atoms with Crippen molar-refractivity contribution in [2.75, 3.05) is 38.3 Å². The van der Waals surface area contributed by atoms with Crippen molar-refractivity contribution in [3.63, 3.8) is 0 Å². The molecule has 1 aliphatic carbocycles. The zero-order valence-corrected chi connectivity index (χ0v) is 21.0. The second-order valence-electron chi connectivity index (χ2n) is 9.44. The van der Waals surface area contributed by atoms with Crippen LogP contribution < -0.4 is 4.90 Å². The third-order valence-electron chi connectivity index (χ3n) is 7.30. The Kier molecular flexibility index (Phi) is 6.80. The molecule has 0 unspecified atom stereocenters. The van der Waals surface area contributed by atoms with Crippen molar-refractivity contribution in [1.29, 1.82) is 0 Å². The molecule has 1 saturated carbocycles. The van der Waals surface area contributed by atoms with E-state index in [1.165, 1.54) is 5.56 Å². The molecule has 1 aliphatic heterocycles. The molecule has 2 aliphatic rings. The molecule has 0 bridgehead atoms. The van der Waals surface area contributed by atoms with Crippen LogP contribution in [0.2, 0.25) is 5.02 Å². The van der Waals surface area contributed by atoms with Crippen LogP contribution in [-0.2, 0) is 26.7 Å². The number of hydrogen-bond acceptors (Lipinski definition) is 6. The second kappa shape index (κ2) is 9.99. The summed E-state index contributed by atoms with van der Waals surface area (Å²) >= 11 is 6.77. The smallest absolute Gasteiger partial charge is 0.309 e. The SMILES string of the molecule is COCCOC(=O)C1CCN(c2ccc(-c3nnc(C4(c5ccccc5)CC4)n3C)c(Cl)c2)CC1. The van der Waals surface area contributed by atoms with E-state index >= 15 is 0 Å². The maximum atomic E-state index is 12.2. The molecular weight excluding hydrogens is 464 g/mol. The number of benzene rings is 2. The number of aromatic nitrogens is 3. The summed E-state index contributed by atoms with van der Waals surface area (Å²) in [5.74, 6) is 1.57. The van der Waals surface area contributed by atoms with Gasteiger partial charge >= 0.3 is 5.97 Å². The first-order valence-electron chi connectivity index (χ1n) is 12.2. The van der Waals surface area contributed by atoms with Crippen LogP contribution in [0.4, 0.5) is 5.69 Å². The predicted molar refractivity (Wildman–Crippen MR) is 136 cm³/mol. The second-order valence-corrected chi connectivity index (χ2v) is 9.85. The molecule has 35 heavy (non-hydrogen) atoms. The van der Waals surface area contributed by atoms with Gasteiger partial charge in [-0.15, -0.1) is 10.2 Å². The topological polar surface area (TPSA) is 69.5 Å². The molecule has 1 saturated heterocycles. The normalized spacial score (nSPS) is 17.4. The number of carbonyl (C=O) groups excluding carboxylic acids is 1. The Morgan fingerprint density at radius 3 is 2.49 bits per heavy atom. The third kappa shape index (κ3) is 4.67. The van der Waals surface area contributed by atoms with Crippen LogP contribution in [-0.4, -0.2) is 54.1 Å². The zero-order valence-electron chi connectivity index (χ0n) is 20.2. The van der Waals surface area contributed by atoms with Gasteiger partial charge in [0.1, 0.15) is 12.4 Å². The van der Waals surface area contributed by atoms with Gasteiger partial charge in [0.15, 0.2) is 5.82 Å². The molecule has 7 nitrogen and oxygen atoms in total. The summed E-state index contributed by atoms with van der Waals surface area (Å²) in [6.07, 6.45) is 3.68. The van der Waals surface area contributed by atoms with Crippen molar-refractivity contribution in [2.45, 2.75) is 31.1 Å². The molecule has 3 aromatic rings. The molecule has 2 fully saturated rings. The Morgan fingerprint density at radius 1 is 1.09 bits per heavy atom. The molecule has 184 valence electrons. The Hall–Kier alpha value is -2.90. The van der Waals surface area contributed by atoms with Gasteiger partial charge in [0.25, 0.3) is 0 Å². The Bertz CT molecular complexity index is 1180. The number of halogens is 1. The van der Waals surface area contributed by atoms with Crippen molar-refractivity contribution in [2.24, 2.45) is 13.0 Å². The highest BCUT2D eigenvalue weighted by Crippen LogP contribution is 2.53. The van der Waals surface area contributed by atoms with Crippen LogP contribution in [0, 0.1) is 5.92 Å².